The summed E-state index contributed by atoms with van der Waals surface area (Å²) in [5, 5.41) is 6.30. The van der Waals surface area contributed by atoms with Crippen molar-refractivity contribution < 1.29 is 14.0 Å². The van der Waals surface area contributed by atoms with Gasteiger partial charge in [-0.05, 0) is 48.6 Å². The van der Waals surface area contributed by atoms with Gasteiger partial charge in [-0.2, -0.15) is 0 Å². The summed E-state index contributed by atoms with van der Waals surface area (Å²) in [7, 11) is 0. The van der Waals surface area contributed by atoms with Crippen molar-refractivity contribution in [3.63, 3.8) is 0 Å². The molecule has 5 rings (SSSR count). The zero-order valence-corrected chi connectivity index (χ0v) is 21.0. The molecule has 9 nitrogen and oxygen atoms in total. The number of anilines is 1. The summed E-state index contributed by atoms with van der Waals surface area (Å²) < 4.78 is 7.88. The van der Waals surface area contributed by atoms with Crippen molar-refractivity contribution in [3.8, 4) is 0 Å². The van der Waals surface area contributed by atoms with Crippen LogP contribution in [-0.2, 0) is 22.7 Å². The molecule has 0 radical (unpaired) electrons. The van der Waals surface area contributed by atoms with E-state index in [1.807, 2.05) is 18.2 Å². The fourth-order valence-corrected chi connectivity index (χ4v) is 4.99. The first-order chi connectivity index (χ1) is 17.8. The van der Waals surface area contributed by atoms with Gasteiger partial charge in [-0.3, -0.25) is 19.0 Å². The van der Waals surface area contributed by atoms with Crippen molar-refractivity contribution in [2.75, 3.05) is 5.32 Å². The predicted molar refractivity (Wildman–Crippen MR) is 142 cm³/mol. The van der Waals surface area contributed by atoms with E-state index in [0.717, 1.165) is 35.8 Å². The Morgan fingerprint density at radius 2 is 1.70 bits per heavy atom. The molecular formula is C28H30N4O5. The topological polar surface area (TPSA) is 115 Å². The molecule has 0 spiro atoms. The zero-order chi connectivity index (χ0) is 26.1. The fraction of sp³-hybridized carbons (Fsp3) is 0.357. The Morgan fingerprint density at radius 3 is 2.46 bits per heavy atom. The molecular weight excluding hydrogens is 472 g/mol. The van der Waals surface area contributed by atoms with Gasteiger partial charge in [-0.25, -0.2) is 9.36 Å². The van der Waals surface area contributed by atoms with Crippen LogP contribution < -0.4 is 21.9 Å². The van der Waals surface area contributed by atoms with E-state index in [4.69, 9.17) is 4.42 Å². The quantitative estimate of drug-likeness (QED) is 0.400. The number of hydrogen-bond acceptors (Lipinski definition) is 5. The van der Waals surface area contributed by atoms with Gasteiger partial charge in [0.15, 0.2) is 0 Å². The number of hydrogen-bond donors (Lipinski definition) is 2. The molecule has 2 aromatic carbocycles. The summed E-state index contributed by atoms with van der Waals surface area (Å²) >= 11 is 0. The summed E-state index contributed by atoms with van der Waals surface area (Å²) in [5.74, 6) is -0.561. The Balaban J connectivity index is 1.53. The molecule has 9 heteroatoms. The van der Waals surface area contributed by atoms with Gasteiger partial charge in [-0.15, -0.1) is 0 Å². The maximum Gasteiger partial charge on any atom is 0.332 e. The molecule has 0 saturated heterocycles. The Bertz CT molecular complexity index is 1600. The SMILES string of the molecule is CC(C)c1cccc(NC(=O)Cn2c(=O)n(CC(=O)NC3CCCC3)c(=O)c3oc4ccccc4c32)c1. The number of benzene rings is 2. The van der Waals surface area contributed by atoms with Crippen LogP contribution in [0.1, 0.15) is 51.0 Å². The first-order valence-electron chi connectivity index (χ1n) is 12.7. The monoisotopic (exact) mass is 502 g/mol. The van der Waals surface area contributed by atoms with E-state index >= 15 is 0 Å². The van der Waals surface area contributed by atoms with Crippen molar-refractivity contribution in [1.82, 2.24) is 14.5 Å². The molecule has 0 bridgehead atoms. The number of para-hydroxylation sites is 1. The van der Waals surface area contributed by atoms with Gasteiger partial charge < -0.3 is 15.1 Å². The lowest BCUT2D eigenvalue weighted by Gasteiger charge is -2.15. The number of nitrogens with zero attached hydrogens (tertiary/aromatic N) is 2. The van der Waals surface area contributed by atoms with Gasteiger partial charge >= 0.3 is 5.69 Å². The highest BCUT2D eigenvalue weighted by atomic mass is 16.3. The lowest BCUT2D eigenvalue weighted by molar-refractivity contribution is -0.122. The van der Waals surface area contributed by atoms with Gasteiger partial charge in [0.05, 0.1) is 0 Å². The van der Waals surface area contributed by atoms with Gasteiger partial charge in [0.2, 0.25) is 17.4 Å². The molecule has 0 atom stereocenters. The molecule has 2 amide bonds. The number of aromatic nitrogens is 2. The smallest absolute Gasteiger partial charge is 0.332 e. The minimum absolute atomic E-state index is 0.0488. The fourth-order valence-electron chi connectivity index (χ4n) is 4.99. The molecule has 4 aromatic rings. The maximum absolute atomic E-state index is 13.6. The van der Waals surface area contributed by atoms with Crippen molar-refractivity contribution in [1.29, 1.82) is 0 Å². The lowest BCUT2D eigenvalue weighted by atomic mass is 10.0. The molecule has 1 aliphatic carbocycles. The third kappa shape index (κ3) is 4.94. The maximum atomic E-state index is 13.6. The minimum atomic E-state index is -0.739. The van der Waals surface area contributed by atoms with Gasteiger partial charge in [0.25, 0.3) is 5.56 Å². The number of fused-ring (bicyclic) bond motifs is 3. The lowest BCUT2D eigenvalue weighted by Crippen LogP contribution is -2.46. The number of carbonyl (C=O) groups excluding carboxylic acids is 2. The largest absolute Gasteiger partial charge is 0.449 e. The van der Waals surface area contributed by atoms with Crippen LogP contribution in [0.5, 0.6) is 0 Å². The molecule has 0 unspecified atom stereocenters. The molecule has 2 heterocycles. The third-order valence-corrected chi connectivity index (χ3v) is 6.90. The zero-order valence-electron chi connectivity index (χ0n) is 21.0. The van der Waals surface area contributed by atoms with Crippen molar-refractivity contribution in [3.05, 3.63) is 74.9 Å². The number of amides is 2. The van der Waals surface area contributed by atoms with E-state index in [9.17, 15) is 19.2 Å². The van der Waals surface area contributed by atoms with Crippen LogP contribution in [0.15, 0.2) is 62.5 Å². The second-order valence-electron chi connectivity index (χ2n) is 9.91. The molecule has 1 aliphatic rings. The minimum Gasteiger partial charge on any atom is -0.449 e. The van der Waals surface area contributed by atoms with Gasteiger partial charge in [-0.1, -0.05) is 51.0 Å². The number of nitrogens with one attached hydrogen (secondary N) is 2. The van der Waals surface area contributed by atoms with Crippen LogP contribution in [0.3, 0.4) is 0 Å². The first-order valence-corrected chi connectivity index (χ1v) is 12.7. The molecule has 2 aromatic heterocycles. The Labute approximate surface area is 213 Å². The van der Waals surface area contributed by atoms with Crippen LogP contribution in [0.4, 0.5) is 5.69 Å². The van der Waals surface area contributed by atoms with E-state index in [-0.39, 0.29) is 29.6 Å². The van der Waals surface area contributed by atoms with E-state index in [2.05, 4.69) is 24.5 Å². The van der Waals surface area contributed by atoms with Crippen LogP contribution in [0, 0.1) is 0 Å². The average Bonchev–Trinajstić information content (AvgIpc) is 3.52. The van der Waals surface area contributed by atoms with E-state index < -0.39 is 29.6 Å². The molecule has 37 heavy (non-hydrogen) atoms. The highest BCUT2D eigenvalue weighted by molar-refractivity contribution is 6.03. The van der Waals surface area contributed by atoms with Crippen molar-refractivity contribution in [2.45, 2.75) is 64.6 Å². The van der Waals surface area contributed by atoms with Gasteiger partial charge in [0, 0.05) is 17.1 Å². The van der Waals surface area contributed by atoms with Crippen LogP contribution in [0.25, 0.3) is 22.1 Å². The van der Waals surface area contributed by atoms with Crippen LogP contribution in [-0.4, -0.2) is 27.0 Å². The van der Waals surface area contributed by atoms with E-state index in [1.165, 1.54) is 4.57 Å². The average molecular weight is 503 g/mol. The van der Waals surface area contributed by atoms with E-state index in [0.29, 0.717) is 16.7 Å². The predicted octanol–water partition coefficient (Wildman–Crippen LogP) is 3.73. The van der Waals surface area contributed by atoms with E-state index in [1.54, 1.807) is 30.3 Å². The molecule has 192 valence electrons. The van der Waals surface area contributed by atoms with Gasteiger partial charge in [0.1, 0.15) is 24.2 Å². The Hall–Kier alpha value is -4.14. The number of carbonyl (C=O) groups is 2. The number of rotatable bonds is 7. The molecule has 0 aliphatic heterocycles. The summed E-state index contributed by atoms with van der Waals surface area (Å²) in [4.78, 5) is 52.7. The third-order valence-electron chi connectivity index (χ3n) is 6.90. The summed E-state index contributed by atoms with van der Waals surface area (Å²) in [6, 6.07) is 14.5. The highest BCUT2D eigenvalue weighted by Gasteiger charge is 2.24. The standard InChI is InChI=1S/C28H30N4O5/c1-17(2)18-8-7-11-20(14-18)30-23(33)15-31-25-21-12-5-6-13-22(21)37-26(25)27(35)32(28(31)36)16-24(34)29-19-9-3-4-10-19/h5-8,11-14,17,19H,3-4,9-10,15-16H2,1-2H3,(H,29,34)(H,30,33). The highest BCUT2D eigenvalue weighted by Crippen LogP contribution is 2.26. The number of furan rings is 1. The molecule has 1 saturated carbocycles. The van der Waals surface area contributed by atoms with Crippen LogP contribution >= 0.6 is 0 Å². The second-order valence-corrected chi connectivity index (χ2v) is 9.91. The Morgan fingerprint density at radius 1 is 0.973 bits per heavy atom. The Kier molecular flexibility index (Phi) is 6.69. The molecule has 2 N–H and O–H groups in total. The summed E-state index contributed by atoms with van der Waals surface area (Å²) in [6.07, 6.45) is 3.84. The summed E-state index contributed by atoms with van der Waals surface area (Å²) in [6.45, 7) is 3.33. The van der Waals surface area contributed by atoms with Crippen molar-refractivity contribution >= 4 is 39.6 Å². The van der Waals surface area contributed by atoms with Crippen LogP contribution in [0.2, 0.25) is 0 Å². The molecule has 1 fully saturated rings. The normalized spacial score (nSPS) is 14.0. The second kappa shape index (κ2) is 10.1. The first kappa shape index (κ1) is 24.5. The van der Waals surface area contributed by atoms with Crippen molar-refractivity contribution in [2.24, 2.45) is 0 Å². The summed E-state index contributed by atoms with van der Waals surface area (Å²) in [5.41, 5.74) is 0.840.